The molecule has 0 aliphatic heterocycles. The zero-order valence-electron chi connectivity index (χ0n) is 11.2. The Hall–Kier alpha value is -1.35. The van der Waals surface area contributed by atoms with Gasteiger partial charge < -0.3 is 9.47 Å². The lowest BCUT2D eigenvalue weighted by molar-refractivity contribution is -0.228. The van der Waals surface area contributed by atoms with Gasteiger partial charge in [-0.1, -0.05) is 25.1 Å². The first kappa shape index (κ1) is 13.7. The van der Waals surface area contributed by atoms with Crippen LogP contribution in [0.5, 0.6) is 0 Å². The van der Waals surface area contributed by atoms with Crippen molar-refractivity contribution in [3.63, 3.8) is 0 Å². The second-order valence-electron chi connectivity index (χ2n) is 4.15. The molecule has 0 N–H and O–H groups in total. The number of aryl methyl sites for hydroxylation is 1. The van der Waals surface area contributed by atoms with E-state index < -0.39 is 5.79 Å². The topological polar surface area (TPSA) is 35.5 Å². The van der Waals surface area contributed by atoms with Gasteiger partial charge in [0, 0.05) is 26.0 Å². The normalized spacial score (nSPS) is 14.2. The van der Waals surface area contributed by atoms with E-state index in [0.29, 0.717) is 6.42 Å². The highest BCUT2D eigenvalue weighted by atomic mass is 16.7. The van der Waals surface area contributed by atoms with Gasteiger partial charge in [0.05, 0.1) is 0 Å². The number of carbonyl (C=O) groups excluding carboxylic acids is 1. The molecule has 3 heteroatoms. The summed E-state index contributed by atoms with van der Waals surface area (Å²) >= 11 is 0. The minimum absolute atomic E-state index is 0.338. The van der Waals surface area contributed by atoms with Crippen molar-refractivity contribution in [3.05, 3.63) is 34.9 Å². The van der Waals surface area contributed by atoms with Crippen LogP contribution in [0.25, 0.3) is 0 Å². The Labute approximate surface area is 103 Å². The molecule has 0 bridgehead atoms. The summed E-state index contributed by atoms with van der Waals surface area (Å²) in [7, 11) is 1.56. The van der Waals surface area contributed by atoms with Gasteiger partial charge in [0.2, 0.25) is 5.79 Å². The zero-order valence-corrected chi connectivity index (χ0v) is 11.2. The van der Waals surface area contributed by atoms with E-state index in [1.807, 2.05) is 39.0 Å². The molecule has 1 unspecified atom stereocenters. The van der Waals surface area contributed by atoms with Crippen LogP contribution in [-0.4, -0.2) is 13.1 Å². The second kappa shape index (κ2) is 5.32. The molecular formula is C14H20O3. The molecule has 0 aliphatic rings. The van der Waals surface area contributed by atoms with Crippen molar-refractivity contribution < 1.29 is 14.3 Å². The maximum Gasteiger partial charge on any atom is 0.305 e. The van der Waals surface area contributed by atoms with Crippen LogP contribution < -0.4 is 0 Å². The van der Waals surface area contributed by atoms with E-state index in [0.717, 1.165) is 16.7 Å². The molecule has 17 heavy (non-hydrogen) atoms. The molecule has 94 valence electrons. The van der Waals surface area contributed by atoms with E-state index in [-0.39, 0.29) is 5.97 Å². The summed E-state index contributed by atoms with van der Waals surface area (Å²) < 4.78 is 10.9. The Morgan fingerprint density at radius 2 is 2.00 bits per heavy atom. The molecule has 0 fully saturated rings. The SMILES string of the molecule is CCC(OC)(OC(C)=O)c1cccc(C)c1C. The number of methoxy groups -OCH3 is 1. The third-order valence-corrected chi connectivity index (χ3v) is 3.12. The van der Waals surface area contributed by atoms with Crippen LogP contribution >= 0.6 is 0 Å². The van der Waals surface area contributed by atoms with Gasteiger partial charge in [0.25, 0.3) is 0 Å². The van der Waals surface area contributed by atoms with Gasteiger partial charge in [-0.25, -0.2) is 0 Å². The minimum Gasteiger partial charge on any atom is -0.429 e. The fourth-order valence-corrected chi connectivity index (χ4v) is 2.01. The average Bonchev–Trinajstić information content (AvgIpc) is 2.30. The van der Waals surface area contributed by atoms with Gasteiger partial charge in [-0.2, -0.15) is 0 Å². The molecule has 1 rings (SSSR count). The number of benzene rings is 1. The molecule has 0 radical (unpaired) electrons. The summed E-state index contributed by atoms with van der Waals surface area (Å²) in [5.41, 5.74) is 3.17. The fourth-order valence-electron chi connectivity index (χ4n) is 2.01. The summed E-state index contributed by atoms with van der Waals surface area (Å²) in [6.45, 7) is 7.38. The van der Waals surface area contributed by atoms with E-state index in [2.05, 4.69) is 0 Å². The lowest BCUT2D eigenvalue weighted by Crippen LogP contribution is -2.34. The molecule has 1 aromatic carbocycles. The number of hydrogen-bond acceptors (Lipinski definition) is 3. The Morgan fingerprint density at radius 3 is 2.47 bits per heavy atom. The van der Waals surface area contributed by atoms with E-state index in [9.17, 15) is 4.79 Å². The van der Waals surface area contributed by atoms with Gasteiger partial charge >= 0.3 is 5.97 Å². The number of hydrogen-bond donors (Lipinski definition) is 0. The highest BCUT2D eigenvalue weighted by Gasteiger charge is 2.35. The molecule has 3 nitrogen and oxygen atoms in total. The number of carbonyl (C=O) groups is 1. The van der Waals surface area contributed by atoms with Crippen LogP contribution in [-0.2, 0) is 20.1 Å². The number of esters is 1. The lowest BCUT2D eigenvalue weighted by Gasteiger charge is -2.32. The fraction of sp³-hybridized carbons (Fsp3) is 0.500. The highest BCUT2D eigenvalue weighted by molar-refractivity contribution is 5.66. The van der Waals surface area contributed by atoms with Crippen molar-refractivity contribution in [2.75, 3.05) is 7.11 Å². The molecular weight excluding hydrogens is 216 g/mol. The van der Waals surface area contributed by atoms with E-state index in [1.165, 1.54) is 6.92 Å². The van der Waals surface area contributed by atoms with E-state index in [1.54, 1.807) is 7.11 Å². The quantitative estimate of drug-likeness (QED) is 0.595. The summed E-state index contributed by atoms with van der Waals surface area (Å²) in [6.07, 6.45) is 0.577. The van der Waals surface area contributed by atoms with Crippen molar-refractivity contribution in [1.82, 2.24) is 0 Å². The smallest absolute Gasteiger partial charge is 0.305 e. The molecule has 1 aromatic rings. The first-order valence-corrected chi connectivity index (χ1v) is 5.78. The predicted octanol–water partition coefficient (Wildman–Crippen LogP) is 3.08. The first-order valence-electron chi connectivity index (χ1n) is 5.78. The molecule has 0 amide bonds. The van der Waals surface area contributed by atoms with Gasteiger partial charge in [0.1, 0.15) is 0 Å². The van der Waals surface area contributed by atoms with E-state index >= 15 is 0 Å². The van der Waals surface area contributed by atoms with E-state index in [4.69, 9.17) is 9.47 Å². The second-order valence-corrected chi connectivity index (χ2v) is 4.15. The maximum atomic E-state index is 11.2. The Kier molecular flexibility index (Phi) is 4.29. The Bertz CT molecular complexity index is 406. The third-order valence-electron chi connectivity index (χ3n) is 3.12. The predicted molar refractivity (Wildman–Crippen MR) is 66.7 cm³/mol. The Balaban J connectivity index is 3.31. The van der Waals surface area contributed by atoms with Crippen LogP contribution in [0, 0.1) is 13.8 Å². The summed E-state index contributed by atoms with van der Waals surface area (Å²) in [6, 6.07) is 5.92. The van der Waals surface area contributed by atoms with Gasteiger partial charge in [-0.05, 0) is 25.0 Å². The van der Waals surface area contributed by atoms with Crippen molar-refractivity contribution in [2.24, 2.45) is 0 Å². The van der Waals surface area contributed by atoms with Crippen LogP contribution in [0.15, 0.2) is 18.2 Å². The average molecular weight is 236 g/mol. The number of ether oxygens (including phenoxy) is 2. The Morgan fingerprint density at radius 1 is 1.35 bits per heavy atom. The lowest BCUT2D eigenvalue weighted by atomic mass is 9.94. The molecule has 0 aliphatic carbocycles. The number of rotatable bonds is 4. The maximum absolute atomic E-state index is 11.2. The monoisotopic (exact) mass is 236 g/mol. The molecule has 0 saturated heterocycles. The largest absolute Gasteiger partial charge is 0.429 e. The first-order chi connectivity index (χ1) is 7.96. The minimum atomic E-state index is -0.970. The van der Waals surface area contributed by atoms with Crippen molar-refractivity contribution in [2.45, 2.75) is 39.9 Å². The van der Waals surface area contributed by atoms with Crippen LogP contribution in [0.2, 0.25) is 0 Å². The van der Waals surface area contributed by atoms with Crippen molar-refractivity contribution in [1.29, 1.82) is 0 Å². The van der Waals surface area contributed by atoms with Crippen LogP contribution in [0.1, 0.15) is 37.0 Å². The van der Waals surface area contributed by atoms with Crippen LogP contribution in [0.3, 0.4) is 0 Å². The van der Waals surface area contributed by atoms with Crippen molar-refractivity contribution >= 4 is 5.97 Å². The van der Waals surface area contributed by atoms with Gasteiger partial charge in [0.15, 0.2) is 0 Å². The van der Waals surface area contributed by atoms with Crippen LogP contribution in [0.4, 0.5) is 0 Å². The van der Waals surface area contributed by atoms with Gasteiger partial charge in [-0.3, -0.25) is 4.79 Å². The molecule has 0 saturated carbocycles. The third kappa shape index (κ3) is 2.67. The molecule has 0 aromatic heterocycles. The molecule has 1 atom stereocenters. The molecule has 0 heterocycles. The standard InChI is InChI=1S/C14H20O3/c1-6-14(16-5,17-12(4)15)13-9-7-8-10(2)11(13)3/h7-9H,6H2,1-5H3. The molecule has 0 spiro atoms. The summed E-state index contributed by atoms with van der Waals surface area (Å²) in [4.78, 5) is 11.2. The van der Waals surface area contributed by atoms with Gasteiger partial charge in [-0.15, -0.1) is 0 Å². The van der Waals surface area contributed by atoms with Crippen molar-refractivity contribution in [3.8, 4) is 0 Å². The summed E-state index contributed by atoms with van der Waals surface area (Å²) in [5, 5.41) is 0. The zero-order chi connectivity index (χ0) is 13.1. The summed E-state index contributed by atoms with van der Waals surface area (Å²) in [5.74, 6) is -1.31. The highest BCUT2D eigenvalue weighted by Crippen LogP contribution is 2.33.